The van der Waals surface area contributed by atoms with Gasteiger partial charge in [-0.05, 0) is 18.4 Å². The lowest BCUT2D eigenvalue weighted by Crippen LogP contribution is -2.10. The fourth-order valence-corrected chi connectivity index (χ4v) is 2.63. The predicted molar refractivity (Wildman–Crippen MR) is 85.1 cm³/mol. The molecule has 0 spiro atoms. The minimum Gasteiger partial charge on any atom is -0.302 e. The maximum Gasteiger partial charge on any atom is 0.226 e. The summed E-state index contributed by atoms with van der Waals surface area (Å²) in [5.41, 5.74) is 3.33. The van der Waals surface area contributed by atoms with Crippen LogP contribution in [-0.2, 0) is 11.2 Å². The largest absolute Gasteiger partial charge is 0.302 e. The van der Waals surface area contributed by atoms with Crippen molar-refractivity contribution < 1.29 is 4.79 Å². The first kappa shape index (κ1) is 14.7. The Labute approximate surface area is 124 Å². The van der Waals surface area contributed by atoms with E-state index in [0.717, 1.165) is 30.5 Å². The van der Waals surface area contributed by atoms with Gasteiger partial charge in [-0.25, -0.2) is 4.98 Å². The molecule has 1 heterocycles. The molecule has 1 amide bonds. The molecule has 0 saturated heterocycles. The summed E-state index contributed by atoms with van der Waals surface area (Å²) < 4.78 is 0. The normalized spacial score (nSPS) is 10.5. The number of hydrogen-bond donors (Lipinski definition) is 1. The summed E-state index contributed by atoms with van der Waals surface area (Å²) >= 11 is 1.47. The Morgan fingerprint density at radius 1 is 1.25 bits per heavy atom. The van der Waals surface area contributed by atoms with Gasteiger partial charge in [0.15, 0.2) is 5.13 Å². The molecule has 0 aliphatic rings. The Kier molecular flexibility index (Phi) is 5.30. The predicted octanol–water partition coefficient (Wildman–Crippen LogP) is 4.50. The molecule has 0 atom stereocenters. The van der Waals surface area contributed by atoms with Crippen LogP contribution in [0.15, 0.2) is 29.6 Å². The van der Waals surface area contributed by atoms with Crippen molar-refractivity contribution in [2.45, 2.75) is 39.5 Å². The topological polar surface area (TPSA) is 42.0 Å². The van der Waals surface area contributed by atoms with E-state index >= 15 is 0 Å². The molecule has 20 heavy (non-hydrogen) atoms. The number of anilines is 1. The maximum atomic E-state index is 11.7. The summed E-state index contributed by atoms with van der Waals surface area (Å²) in [4.78, 5) is 16.1. The van der Waals surface area contributed by atoms with E-state index < -0.39 is 0 Å². The monoisotopic (exact) mass is 288 g/mol. The summed E-state index contributed by atoms with van der Waals surface area (Å²) in [5, 5.41) is 5.52. The van der Waals surface area contributed by atoms with Gasteiger partial charge in [0.2, 0.25) is 5.91 Å². The molecule has 0 unspecified atom stereocenters. The van der Waals surface area contributed by atoms with Crippen LogP contribution in [0.25, 0.3) is 11.3 Å². The number of amides is 1. The van der Waals surface area contributed by atoms with Crippen LogP contribution in [0.5, 0.6) is 0 Å². The zero-order chi connectivity index (χ0) is 14.4. The van der Waals surface area contributed by atoms with Crippen molar-refractivity contribution in [3.8, 4) is 11.3 Å². The highest BCUT2D eigenvalue weighted by atomic mass is 32.1. The van der Waals surface area contributed by atoms with E-state index in [1.807, 2.05) is 5.38 Å². The maximum absolute atomic E-state index is 11.7. The van der Waals surface area contributed by atoms with Gasteiger partial charge in [0.25, 0.3) is 0 Å². The Morgan fingerprint density at radius 3 is 2.65 bits per heavy atom. The second-order valence-electron chi connectivity index (χ2n) is 4.74. The van der Waals surface area contributed by atoms with Crippen LogP contribution < -0.4 is 5.32 Å². The van der Waals surface area contributed by atoms with Gasteiger partial charge in [-0.3, -0.25) is 4.79 Å². The van der Waals surface area contributed by atoms with Crippen molar-refractivity contribution in [3.05, 3.63) is 35.2 Å². The SMILES string of the molecule is CCCCC(=O)Nc1nc(-c2ccc(CC)cc2)cs1. The molecule has 0 saturated carbocycles. The molecule has 0 radical (unpaired) electrons. The van der Waals surface area contributed by atoms with E-state index in [1.165, 1.54) is 16.9 Å². The first-order valence-corrected chi connectivity index (χ1v) is 7.95. The van der Waals surface area contributed by atoms with Crippen LogP contribution in [0.4, 0.5) is 5.13 Å². The molecule has 1 N–H and O–H groups in total. The molecule has 0 aliphatic heterocycles. The first-order chi connectivity index (χ1) is 9.72. The third kappa shape index (κ3) is 3.90. The van der Waals surface area contributed by atoms with Gasteiger partial charge in [-0.2, -0.15) is 0 Å². The molecule has 0 aliphatic carbocycles. The van der Waals surface area contributed by atoms with Crippen molar-refractivity contribution in [2.75, 3.05) is 5.32 Å². The zero-order valence-electron chi connectivity index (χ0n) is 12.0. The van der Waals surface area contributed by atoms with Crippen LogP contribution in [0.1, 0.15) is 38.7 Å². The Bertz CT molecular complexity index is 560. The van der Waals surface area contributed by atoms with Crippen LogP contribution in [0, 0.1) is 0 Å². The molecular formula is C16H20N2OS. The highest BCUT2D eigenvalue weighted by molar-refractivity contribution is 7.14. The smallest absolute Gasteiger partial charge is 0.226 e. The van der Waals surface area contributed by atoms with Crippen LogP contribution in [0.2, 0.25) is 0 Å². The zero-order valence-corrected chi connectivity index (χ0v) is 12.8. The molecule has 106 valence electrons. The molecular weight excluding hydrogens is 268 g/mol. The van der Waals surface area contributed by atoms with E-state index in [-0.39, 0.29) is 5.91 Å². The van der Waals surface area contributed by atoms with Gasteiger partial charge in [-0.15, -0.1) is 11.3 Å². The van der Waals surface area contributed by atoms with E-state index in [9.17, 15) is 4.79 Å². The number of nitrogens with zero attached hydrogens (tertiary/aromatic N) is 1. The van der Waals surface area contributed by atoms with Gasteiger partial charge in [0.05, 0.1) is 5.69 Å². The molecule has 2 rings (SSSR count). The molecule has 4 heteroatoms. The third-order valence-electron chi connectivity index (χ3n) is 3.17. The van der Waals surface area contributed by atoms with E-state index in [4.69, 9.17) is 0 Å². The molecule has 3 nitrogen and oxygen atoms in total. The minimum absolute atomic E-state index is 0.0501. The number of unbranched alkanes of at least 4 members (excludes halogenated alkanes) is 1. The number of carbonyl (C=O) groups excluding carboxylic acids is 1. The minimum atomic E-state index is 0.0501. The molecule has 1 aromatic heterocycles. The van der Waals surface area contributed by atoms with Gasteiger partial charge < -0.3 is 5.32 Å². The Hall–Kier alpha value is -1.68. The molecule has 1 aromatic carbocycles. The van der Waals surface area contributed by atoms with E-state index in [0.29, 0.717) is 11.6 Å². The van der Waals surface area contributed by atoms with Gasteiger partial charge >= 0.3 is 0 Å². The quantitative estimate of drug-likeness (QED) is 0.850. The van der Waals surface area contributed by atoms with Crippen LogP contribution >= 0.6 is 11.3 Å². The Balaban J connectivity index is 2.02. The lowest BCUT2D eigenvalue weighted by atomic mass is 10.1. The first-order valence-electron chi connectivity index (χ1n) is 7.07. The molecule has 0 fully saturated rings. The fraction of sp³-hybridized carbons (Fsp3) is 0.375. The number of rotatable bonds is 6. The van der Waals surface area contributed by atoms with Crippen molar-refractivity contribution in [3.63, 3.8) is 0 Å². The summed E-state index contributed by atoms with van der Waals surface area (Å²) in [7, 11) is 0. The molecule has 2 aromatic rings. The fourth-order valence-electron chi connectivity index (χ4n) is 1.89. The second kappa shape index (κ2) is 7.20. The lowest BCUT2D eigenvalue weighted by molar-refractivity contribution is -0.116. The van der Waals surface area contributed by atoms with Crippen molar-refractivity contribution >= 4 is 22.4 Å². The summed E-state index contributed by atoms with van der Waals surface area (Å²) in [6, 6.07) is 8.40. The highest BCUT2D eigenvalue weighted by Crippen LogP contribution is 2.25. The molecule has 0 bridgehead atoms. The number of benzene rings is 1. The summed E-state index contributed by atoms with van der Waals surface area (Å²) in [6.45, 7) is 4.22. The second-order valence-corrected chi connectivity index (χ2v) is 5.60. The van der Waals surface area contributed by atoms with Crippen molar-refractivity contribution in [1.82, 2.24) is 4.98 Å². The summed E-state index contributed by atoms with van der Waals surface area (Å²) in [5.74, 6) is 0.0501. The van der Waals surface area contributed by atoms with E-state index in [2.05, 4.69) is 48.4 Å². The number of thiazole rings is 1. The van der Waals surface area contributed by atoms with Crippen molar-refractivity contribution in [1.29, 1.82) is 0 Å². The van der Waals surface area contributed by atoms with Gasteiger partial charge in [-0.1, -0.05) is 44.5 Å². The average Bonchev–Trinajstić information content (AvgIpc) is 2.93. The third-order valence-corrected chi connectivity index (χ3v) is 3.92. The van der Waals surface area contributed by atoms with Gasteiger partial charge in [0.1, 0.15) is 0 Å². The number of hydrogen-bond acceptors (Lipinski definition) is 3. The number of aryl methyl sites for hydroxylation is 1. The number of aromatic nitrogens is 1. The van der Waals surface area contributed by atoms with Crippen LogP contribution in [0.3, 0.4) is 0 Å². The lowest BCUT2D eigenvalue weighted by Gasteiger charge is -2.00. The van der Waals surface area contributed by atoms with Gasteiger partial charge in [0, 0.05) is 17.4 Å². The Morgan fingerprint density at radius 2 is 2.00 bits per heavy atom. The number of nitrogens with one attached hydrogen (secondary N) is 1. The average molecular weight is 288 g/mol. The highest BCUT2D eigenvalue weighted by Gasteiger charge is 2.07. The number of carbonyl (C=O) groups is 1. The standard InChI is InChI=1S/C16H20N2OS/c1-3-5-6-15(19)18-16-17-14(11-20-16)13-9-7-12(4-2)8-10-13/h7-11H,3-6H2,1-2H3,(H,17,18,19). The van der Waals surface area contributed by atoms with Crippen LogP contribution in [-0.4, -0.2) is 10.9 Å². The van der Waals surface area contributed by atoms with E-state index in [1.54, 1.807) is 0 Å². The van der Waals surface area contributed by atoms with Crippen molar-refractivity contribution in [2.24, 2.45) is 0 Å². The summed E-state index contributed by atoms with van der Waals surface area (Å²) in [6.07, 6.45) is 3.55.